The highest BCUT2D eigenvalue weighted by Crippen LogP contribution is 2.36. The summed E-state index contributed by atoms with van der Waals surface area (Å²) in [5, 5.41) is 28.1. The lowest BCUT2D eigenvalue weighted by atomic mass is 10.1. The van der Waals surface area contributed by atoms with Gasteiger partial charge in [0.1, 0.15) is 24.1 Å². The third kappa shape index (κ3) is 1.80. The summed E-state index contributed by atoms with van der Waals surface area (Å²) in [5.74, 6) is -0.980. The third-order valence-electron chi connectivity index (χ3n) is 2.89. The van der Waals surface area contributed by atoms with Crippen molar-refractivity contribution in [2.24, 2.45) is 0 Å². The first-order chi connectivity index (χ1) is 8.47. The van der Waals surface area contributed by atoms with Crippen molar-refractivity contribution in [3.05, 3.63) is 44.5 Å². The minimum atomic E-state index is -1.60. The molecular weight excluding hydrogens is 247 g/mol. The van der Waals surface area contributed by atoms with Crippen LogP contribution in [0.25, 0.3) is 0 Å². The minimum Gasteiger partial charge on any atom is -0.392 e. The van der Waals surface area contributed by atoms with Crippen LogP contribution in [0.3, 0.4) is 0 Å². The summed E-state index contributed by atoms with van der Waals surface area (Å²) in [6.07, 6.45) is -2.17. The number of aliphatic hydroxyl groups is 3. The summed E-state index contributed by atoms with van der Waals surface area (Å²) in [4.78, 5) is 24.3. The lowest BCUT2D eigenvalue weighted by molar-refractivity contribution is 0.0244. The normalized spacial score (nSPS) is 27.9. The van der Waals surface area contributed by atoms with Gasteiger partial charge in [-0.25, -0.2) is 9.18 Å². The Labute approximate surface area is 99.4 Å². The van der Waals surface area contributed by atoms with Gasteiger partial charge in [0.05, 0.1) is 6.61 Å². The quantitative estimate of drug-likeness (QED) is 0.491. The van der Waals surface area contributed by atoms with Crippen LogP contribution in [0.2, 0.25) is 0 Å². The van der Waals surface area contributed by atoms with E-state index in [4.69, 9.17) is 5.11 Å². The van der Waals surface area contributed by atoms with Crippen LogP contribution in [0.1, 0.15) is 6.04 Å². The number of halogens is 1. The van der Waals surface area contributed by atoms with Crippen LogP contribution in [0.5, 0.6) is 0 Å². The molecule has 2 rings (SSSR count). The smallest absolute Gasteiger partial charge is 0.329 e. The molecule has 0 spiro atoms. The van der Waals surface area contributed by atoms with Crippen molar-refractivity contribution < 1.29 is 19.7 Å². The molecule has 0 bridgehead atoms. The van der Waals surface area contributed by atoms with Gasteiger partial charge in [0, 0.05) is 17.8 Å². The van der Waals surface area contributed by atoms with Gasteiger partial charge >= 0.3 is 5.69 Å². The van der Waals surface area contributed by atoms with Crippen LogP contribution in [0, 0.1) is 0 Å². The van der Waals surface area contributed by atoms with E-state index in [9.17, 15) is 24.2 Å². The van der Waals surface area contributed by atoms with Crippen molar-refractivity contribution in [1.82, 2.24) is 9.55 Å². The Hall–Kier alpha value is -1.77. The van der Waals surface area contributed by atoms with Crippen LogP contribution < -0.4 is 11.2 Å². The number of aromatic nitrogens is 2. The standard InChI is InChI=1S/C10H11FN2O5/c11-6-4(3-14)8(16)9(17)7(6)13-2-1-5(15)12-10(13)18/h1-2,7-9,14,16-17H,3H2,(H,12,15,18)/t7-,8-,9+/m1/s1. The maximum Gasteiger partial charge on any atom is 0.329 e. The fourth-order valence-corrected chi connectivity index (χ4v) is 1.96. The number of hydrogen-bond donors (Lipinski definition) is 4. The molecule has 1 aliphatic rings. The topological polar surface area (TPSA) is 116 Å². The van der Waals surface area contributed by atoms with E-state index in [2.05, 4.69) is 0 Å². The molecule has 98 valence electrons. The number of H-pyrrole nitrogens is 1. The van der Waals surface area contributed by atoms with Crippen molar-refractivity contribution in [3.8, 4) is 0 Å². The molecule has 0 radical (unpaired) electrons. The second-order valence-corrected chi connectivity index (χ2v) is 3.93. The first-order valence-corrected chi connectivity index (χ1v) is 5.14. The molecule has 0 amide bonds. The van der Waals surface area contributed by atoms with Crippen molar-refractivity contribution in [2.45, 2.75) is 18.2 Å². The molecule has 0 aromatic carbocycles. The maximum atomic E-state index is 13.9. The Kier molecular flexibility index (Phi) is 3.16. The van der Waals surface area contributed by atoms with Gasteiger partial charge in [0.2, 0.25) is 0 Å². The summed E-state index contributed by atoms with van der Waals surface area (Å²) >= 11 is 0. The Bertz CT molecular complexity index is 605. The van der Waals surface area contributed by atoms with Gasteiger partial charge in [-0.2, -0.15) is 0 Å². The zero-order chi connectivity index (χ0) is 13.4. The van der Waals surface area contributed by atoms with Gasteiger partial charge in [0.15, 0.2) is 0 Å². The summed E-state index contributed by atoms with van der Waals surface area (Å²) in [6, 6.07) is -0.462. The van der Waals surface area contributed by atoms with Crippen LogP contribution in [0.4, 0.5) is 4.39 Å². The van der Waals surface area contributed by atoms with Gasteiger partial charge < -0.3 is 15.3 Å². The predicted octanol–water partition coefficient (Wildman–Crippen LogP) is -1.97. The largest absolute Gasteiger partial charge is 0.392 e. The predicted molar refractivity (Wildman–Crippen MR) is 57.6 cm³/mol. The molecule has 18 heavy (non-hydrogen) atoms. The summed E-state index contributed by atoms with van der Waals surface area (Å²) in [5.41, 5.74) is -1.94. The Morgan fingerprint density at radius 1 is 1.39 bits per heavy atom. The van der Waals surface area contributed by atoms with E-state index in [0.29, 0.717) is 0 Å². The molecule has 0 saturated carbocycles. The van der Waals surface area contributed by atoms with Crippen molar-refractivity contribution in [3.63, 3.8) is 0 Å². The minimum absolute atomic E-state index is 0.370. The average Bonchev–Trinajstić information content (AvgIpc) is 2.52. The van der Waals surface area contributed by atoms with Crippen LogP contribution in [-0.4, -0.2) is 43.7 Å². The molecule has 1 aromatic heterocycles. The highest BCUT2D eigenvalue weighted by Gasteiger charge is 2.42. The first-order valence-electron chi connectivity index (χ1n) is 5.14. The second-order valence-electron chi connectivity index (χ2n) is 3.93. The van der Waals surface area contributed by atoms with E-state index in [-0.39, 0.29) is 5.57 Å². The van der Waals surface area contributed by atoms with E-state index in [1.807, 2.05) is 4.98 Å². The molecule has 0 aliphatic heterocycles. The molecule has 8 heteroatoms. The maximum absolute atomic E-state index is 13.9. The molecule has 1 heterocycles. The van der Waals surface area contributed by atoms with Gasteiger partial charge in [-0.05, 0) is 0 Å². The van der Waals surface area contributed by atoms with Crippen LogP contribution in [-0.2, 0) is 0 Å². The highest BCUT2D eigenvalue weighted by atomic mass is 19.1. The van der Waals surface area contributed by atoms with Crippen molar-refractivity contribution in [2.75, 3.05) is 6.61 Å². The number of aliphatic hydroxyl groups excluding tert-OH is 3. The Balaban J connectivity index is 2.54. The summed E-state index contributed by atoms with van der Waals surface area (Å²) < 4.78 is 14.6. The van der Waals surface area contributed by atoms with E-state index < -0.39 is 41.9 Å². The summed E-state index contributed by atoms with van der Waals surface area (Å²) in [7, 11) is 0. The van der Waals surface area contributed by atoms with Crippen molar-refractivity contribution in [1.29, 1.82) is 0 Å². The second kappa shape index (κ2) is 4.48. The molecule has 0 saturated heterocycles. The van der Waals surface area contributed by atoms with E-state index >= 15 is 0 Å². The monoisotopic (exact) mass is 258 g/mol. The molecule has 7 nitrogen and oxygen atoms in total. The Morgan fingerprint density at radius 3 is 2.56 bits per heavy atom. The number of aromatic amines is 1. The molecule has 3 atom stereocenters. The number of hydrogen-bond acceptors (Lipinski definition) is 5. The SMILES string of the molecule is O=c1ccn([C@@H]2C(F)=C(CO)[C@@H](O)[C@H]2O)c(=O)[nH]1. The van der Waals surface area contributed by atoms with Gasteiger partial charge in [-0.15, -0.1) is 0 Å². The van der Waals surface area contributed by atoms with Gasteiger partial charge in [-0.1, -0.05) is 0 Å². The fourth-order valence-electron chi connectivity index (χ4n) is 1.96. The lowest BCUT2D eigenvalue weighted by Gasteiger charge is -2.19. The first kappa shape index (κ1) is 12.7. The fraction of sp³-hybridized carbons (Fsp3) is 0.400. The molecule has 0 fully saturated rings. The third-order valence-corrected chi connectivity index (χ3v) is 2.89. The summed E-state index contributed by atoms with van der Waals surface area (Å²) in [6.45, 7) is -0.765. The average molecular weight is 258 g/mol. The van der Waals surface area contributed by atoms with Crippen LogP contribution in [0.15, 0.2) is 33.3 Å². The zero-order valence-electron chi connectivity index (χ0n) is 9.08. The van der Waals surface area contributed by atoms with E-state index in [1.165, 1.54) is 0 Å². The zero-order valence-corrected chi connectivity index (χ0v) is 9.08. The molecule has 4 N–H and O–H groups in total. The highest BCUT2D eigenvalue weighted by molar-refractivity contribution is 5.28. The van der Waals surface area contributed by atoms with Crippen LogP contribution >= 0.6 is 0 Å². The molecular formula is C10H11FN2O5. The molecule has 1 aromatic rings. The number of nitrogens with zero attached hydrogens (tertiary/aromatic N) is 1. The number of rotatable bonds is 2. The molecule has 1 aliphatic carbocycles. The van der Waals surface area contributed by atoms with Crippen molar-refractivity contribution >= 4 is 0 Å². The lowest BCUT2D eigenvalue weighted by Crippen LogP contribution is -2.38. The number of nitrogens with one attached hydrogen (secondary N) is 1. The Morgan fingerprint density at radius 2 is 2.06 bits per heavy atom. The van der Waals surface area contributed by atoms with E-state index in [1.54, 1.807) is 0 Å². The van der Waals surface area contributed by atoms with Gasteiger partial charge in [-0.3, -0.25) is 14.3 Å². The van der Waals surface area contributed by atoms with E-state index in [0.717, 1.165) is 16.8 Å². The van der Waals surface area contributed by atoms with Gasteiger partial charge in [0.25, 0.3) is 5.56 Å². The molecule has 0 unspecified atom stereocenters.